The topological polar surface area (TPSA) is 71.8 Å². The van der Waals surface area contributed by atoms with E-state index in [1.165, 1.54) is 12.1 Å². The number of rotatable bonds is 4. The minimum absolute atomic E-state index is 0.211. The van der Waals surface area contributed by atoms with Crippen molar-refractivity contribution in [2.75, 3.05) is 13.1 Å². The molecule has 1 amide bonds. The van der Waals surface area contributed by atoms with Gasteiger partial charge in [0, 0.05) is 11.6 Å². The number of nitrogens with one attached hydrogen (secondary N) is 2. The Hall–Kier alpha value is -2.35. The molecule has 1 fully saturated rings. The van der Waals surface area contributed by atoms with Gasteiger partial charge in [0.25, 0.3) is 5.91 Å². The van der Waals surface area contributed by atoms with Crippen molar-refractivity contribution < 1.29 is 13.6 Å². The largest absolute Gasteiger partial charge is 0.343 e. The fourth-order valence-corrected chi connectivity index (χ4v) is 3.64. The van der Waals surface area contributed by atoms with E-state index in [1.807, 2.05) is 27.7 Å². The van der Waals surface area contributed by atoms with E-state index < -0.39 is 29.0 Å². The normalized spacial score (nSPS) is 16.8. The first-order valence-corrected chi connectivity index (χ1v) is 9.57. The van der Waals surface area contributed by atoms with Crippen molar-refractivity contribution in [3.05, 3.63) is 46.8 Å². The number of aromatic nitrogens is 3. The maximum Gasteiger partial charge on any atom is 0.274 e. The van der Waals surface area contributed by atoms with Gasteiger partial charge < -0.3 is 10.6 Å². The summed E-state index contributed by atoms with van der Waals surface area (Å²) in [6.07, 6.45) is 1.85. The number of hydrogen-bond acceptors (Lipinski definition) is 4. The van der Waals surface area contributed by atoms with Crippen molar-refractivity contribution in [3.8, 4) is 0 Å². The van der Waals surface area contributed by atoms with Crippen molar-refractivity contribution in [1.82, 2.24) is 25.6 Å². The highest BCUT2D eigenvalue weighted by atomic mass is 19.1. The smallest absolute Gasteiger partial charge is 0.274 e. The highest BCUT2D eigenvalue weighted by molar-refractivity contribution is 5.93. The molecule has 1 aliphatic heterocycles. The van der Waals surface area contributed by atoms with E-state index >= 15 is 0 Å². The van der Waals surface area contributed by atoms with E-state index in [9.17, 15) is 13.6 Å². The van der Waals surface area contributed by atoms with Crippen molar-refractivity contribution in [2.45, 2.75) is 52.6 Å². The monoisotopic (exact) mass is 391 g/mol. The SMILES string of the molecule is Cc1c(C(=O)NC(c2ccc(F)cc2F)C(C)(C)C)nnn1C1CCNCC1. The van der Waals surface area contributed by atoms with Gasteiger partial charge in [0.1, 0.15) is 11.6 Å². The van der Waals surface area contributed by atoms with Crippen LogP contribution in [0.4, 0.5) is 8.78 Å². The molecule has 8 heteroatoms. The Morgan fingerprint density at radius 3 is 2.57 bits per heavy atom. The molecule has 0 aliphatic carbocycles. The lowest BCUT2D eigenvalue weighted by molar-refractivity contribution is 0.0894. The van der Waals surface area contributed by atoms with Crippen LogP contribution in [-0.4, -0.2) is 34.0 Å². The van der Waals surface area contributed by atoms with Crippen LogP contribution in [0.5, 0.6) is 0 Å². The summed E-state index contributed by atoms with van der Waals surface area (Å²) in [6, 6.07) is 2.97. The lowest BCUT2D eigenvalue weighted by Gasteiger charge is -2.32. The van der Waals surface area contributed by atoms with Gasteiger partial charge in [-0.2, -0.15) is 0 Å². The molecule has 152 valence electrons. The van der Waals surface area contributed by atoms with E-state index in [-0.39, 0.29) is 17.3 Å². The van der Waals surface area contributed by atoms with Gasteiger partial charge in [-0.25, -0.2) is 13.5 Å². The first-order valence-electron chi connectivity index (χ1n) is 9.57. The Bertz CT molecular complexity index is 853. The average molecular weight is 391 g/mol. The molecule has 2 aromatic rings. The molecule has 1 aromatic heterocycles. The number of amides is 1. The summed E-state index contributed by atoms with van der Waals surface area (Å²) in [6.45, 7) is 9.29. The molecule has 1 atom stereocenters. The Kier molecular flexibility index (Phi) is 5.79. The van der Waals surface area contributed by atoms with Crippen molar-refractivity contribution >= 4 is 5.91 Å². The summed E-state index contributed by atoms with van der Waals surface area (Å²) >= 11 is 0. The summed E-state index contributed by atoms with van der Waals surface area (Å²) in [4.78, 5) is 12.9. The number of carbonyl (C=O) groups excluding carboxylic acids is 1. The summed E-state index contributed by atoms with van der Waals surface area (Å²) in [5, 5.41) is 14.4. The summed E-state index contributed by atoms with van der Waals surface area (Å²) < 4.78 is 29.5. The highest BCUT2D eigenvalue weighted by Gasteiger charge is 2.32. The zero-order chi connectivity index (χ0) is 20.5. The molecule has 0 radical (unpaired) electrons. The molecule has 28 heavy (non-hydrogen) atoms. The zero-order valence-electron chi connectivity index (χ0n) is 16.7. The molecule has 0 spiro atoms. The first kappa shape index (κ1) is 20.4. The number of halogens is 2. The summed E-state index contributed by atoms with van der Waals surface area (Å²) in [7, 11) is 0. The molecule has 0 saturated carbocycles. The van der Waals surface area contributed by atoms with Crippen LogP contribution in [0.3, 0.4) is 0 Å². The number of carbonyl (C=O) groups is 1. The molecule has 3 rings (SSSR count). The van der Waals surface area contributed by atoms with E-state index in [0.29, 0.717) is 5.69 Å². The molecule has 2 heterocycles. The number of hydrogen-bond donors (Lipinski definition) is 2. The molecule has 6 nitrogen and oxygen atoms in total. The quantitative estimate of drug-likeness (QED) is 0.839. The Balaban J connectivity index is 1.86. The Labute approximate surface area is 163 Å². The van der Waals surface area contributed by atoms with Crippen LogP contribution < -0.4 is 10.6 Å². The second-order valence-corrected chi connectivity index (χ2v) is 8.39. The van der Waals surface area contributed by atoms with Gasteiger partial charge in [0.15, 0.2) is 5.69 Å². The van der Waals surface area contributed by atoms with E-state index in [2.05, 4.69) is 20.9 Å². The number of piperidine rings is 1. The van der Waals surface area contributed by atoms with Gasteiger partial charge in [-0.05, 0) is 44.3 Å². The van der Waals surface area contributed by atoms with Gasteiger partial charge >= 0.3 is 0 Å². The van der Waals surface area contributed by atoms with Gasteiger partial charge in [0.05, 0.1) is 17.8 Å². The summed E-state index contributed by atoms with van der Waals surface area (Å²) in [5.41, 5.74) is 0.672. The van der Waals surface area contributed by atoms with Gasteiger partial charge in [-0.15, -0.1) is 5.10 Å². The summed E-state index contributed by atoms with van der Waals surface area (Å²) in [5.74, 6) is -1.75. The maximum absolute atomic E-state index is 14.4. The molecular weight excluding hydrogens is 364 g/mol. The molecule has 2 N–H and O–H groups in total. The zero-order valence-corrected chi connectivity index (χ0v) is 16.7. The van der Waals surface area contributed by atoms with Crippen molar-refractivity contribution in [2.24, 2.45) is 5.41 Å². The van der Waals surface area contributed by atoms with Crippen LogP contribution in [-0.2, 0) is 0 Å². The standard InChI is InChI=1S/C20H27F2N5O/c1-12-17(25-26-27(12)14-7-9-23-10-8-14)19(28)24-18(20(2,3)4)15-6-5-13(21)11-16(15)22/h5-6,11,14,18,23H,7-10H2,1-4H3,(H,24,28). The maximum atomic E-state index is 14.4. The van der Waals surface area contributed by atoms with Crippen molar-refractivity contribution in [3.63, 3.8) is 0 Å². The molecule has 1 aromatic carbocycles. The van der Waals surface area contributed by atoms with Crippen LogP contribution in [0, 0.1) is 24.0 Å². The van der Waals surface area contributed by atoms with Crippen LogP contribution >= 0.6 is 0 Å². The van der Waals surface area contributed by atoms with Crippen LogP contribution in [0.25, 0.3) is 0 Å². The molecule has 0 bridgehead atoms. The third kappa shape index (κ3) is 4.22. The Morgan fingerprint density at radius 1 is 1.29 bits per heavy atom. The highest BCUT2D eigenvalue weighted by Crippen LogP contribution is 2.34. The second-order valence-electron chi connectivity index (χ2n) is 8.39. The number of benzene rings is 1. The minimum atomic E-state index is -0.685. The van der Waals surface area contributed by atoms with Crippen LogP contribution in [0.2, 0.25) is 0 Å². The van der Waals surface area contributed by atoms with E-state index in [1.54, 1.807) is 4.68 Å². The van der Waals surface area contributed by atoms with Gasteiger partial charge in [0.2, 0.25) is 0 Å². The van der Waals surface area contributed by atoms with Gasteiger partial charge in [-0.3, -0.25) is 4.79 Å². The Morgan fingerprint density at radius 2 is 1.96 bits per heavy atom. The third-order valence-corrected chi connectivity index (χ3v) is 5.21. The van der Waals surface area contributed by atoms with Gasteiger partial charge in [-0.1, -0.05) is 32.1 Å². The number of nitrogens with zero attached hydrogens (tertiary/aromatic N) is 3. The molecule has 1 unspecified atom stereocenters. The first-order chi connectivity index (χ1) is 13.2. The molecule has 1 saturated heterocycles. The predicted octanol–water partition coefficient (Wildman–Crippen LogP) is 3.31. The minimum Gasteiger partial charge on any atom is -0.343 e. The fourth-order valence-electron chi connectivity index (χ4n) is 3.64. The van der Waals surface area contributed by atoms with E-state index in [4.69, 9.17) is 0 Å². The molecule has 1 aliphatic rings. The lowest BCUT2D eigenvalue weighted by Crippen LogP contribution is -2.37. The fraction of sp³-hybridized carbons (Fsp3) is 0.550. The van der Waals surface area contributed by atoms with Crippen LogP contribution in [0.15, 0.2) is 18.2 Å². The van der Waals surface area contributed by atoms with E-state index in [0.717, 1.165) is 32.0 Å². The van der Waals surface area contributed by atoms with Crippen molar-refractivity contribution in [1.29, 1.82) is 0 Å². The lowest BCUT2D eigenvalue weighted by atomic mass is 9.82. The van der Waals surface area contributed by atoms with Crippen LogP contribution in [0.1, 0.15) is 67.4 Å². The second kappa shape index (κ2) is 7.95. The molecular formula is C20H27F2N5O. The predicted molar refractivity (Wildman–Crippen MR) is 102 cm³/mol. The third-order valence-electron chi connectivity index (χ3n) is 5.21. The average Bonchev–Trinajstić information content (AvgIpc) is 3.01.